The maximum absolute atomic E-state index is 12.7. The van der Waals surface area contributed by atoms with Gasteiger partial charge in [-0.25, -0.2) is 4.79 Å². The van der Waals surface area contributed by atoms with Gasteiger partial charge in [0.2, 0.25) is 5.75 Å². The molecule has 0 N–H and O–H groups in total. The number of para-hydroxylation sites is 1. The summed E-state index contributed by atoms with van der Waals surface area (Å²) >= 11 is 0. The third-order valence-electron chi connectivity index (χ3n) is 4.19. The lowest BCUT2D eigenvalue weighted by Crippen LogP contribution is -2.07. The quantitative estimate of drug-likeness (QED) is 0.642. The first-order valence-electron chi connectivity index (χ1n) is 8.14. The van der Waals surface area contributed by atoms with Crippen LogP contribution >= 0.6 is 0 Å². The Bertz CT molecular complexity index is 1090. The number of carbonyl (C=O) groups excluding carboxylic acids is 1. The fourth-order valence-electron chi connectivity index (χ4n) is 2.90. The average Bonchev–Trinajstić information content (AvgIpc) is 3.03. The Kier molecular flexibility index (Phi) is 5.03. The number of rotatable bonds is 5. The minimum Gasteiger partial charge on any atom is -0.493 e. The summed E-state index contributed by atoms with van der Waals surface area (Å²) in [6.45, 7) is 1.76. The van der Waals surface area contributed by atoms with Crippen LogP contribution in [0.3, 0.4) is 0 Å². The number of allylic oxidation sites excluding steroid dienone is 2. The van der Waals surface area contributed by atoms with Gasteiger partial charge in [-0.05, 0) is 36.8 Å². The zero-order valence-electron chi connectivity index (χ0n) is 15.4. The molecule has 3 aromatic rings. The van der Waals surface area contributed by atoms with Crippen molar-refractivity contribution in [2.24, 2.45) is 0 Å². The summed E-state index contributed by atoms with van der Waals surface area (Å²) in [5.74, 6) is 0.898. The molecule has 7 heteroatoms. The summed E-state index contributed by atoms with van der Waals surface area (Å²) in [6, 6.07) is 10.2. The summed E-state index contributed by atoms with van der Waals surface area (Å²) in [5.41, 5.74) is 1.12. The molecule has 0 aliphatic heterocycles. The van der Waals surface area contributed by atoms with E-state index >= 15 is 0 Å². The van der Waals surface area contributed by atoms with E-state index in [4.69, 9.17) is 18.7 Å². The van der Waals surface area contributed by atoms with Gasteiger partial charge < -0.3 is 18.7 Å². The third-order valence-corrected chi connectivity index (χ3v) is 4.19. The molecule has 7 nitrogen and oxygen atoms in total. The van der Waals surface area contributed by atoms with E-state index in [1.54, 1.807) is 43.3 Å². The molecule has 0 bridgehead atoms. The Balaban J connectivity index is 2.07. The Hall–Kier alpha value is -3.48. The average molecular weight is 369 g/mol. The van der Waals surface area contributed by atoms with Crippen molar-refractivity contribution in [2.75, 3.05) is 21.3 Å². The van der Waals surface area contributed by atoms with Crippen LogP contribution in [0.1, 0.15) is 17.3 Å². The summed E-state index contributed by atoms with van der Waals surface area (Å²) in [5, 5.41) is 0.348. The number of hydrogen-bond donors (Lipinski definition) is 0. The standard InChI is InChI=1S/C20H19NO6/c1-12(13-9-10-16(24-2)19(26-4)18(13)25-3)11-17(22)21-15-8-6-5-7-14(15)20(23)27-21/h5-11H,1-4H3. The lowest BCUT2D eigenvalue weighted by Gasteiger charge is -2.16. The zero-order chi connectivity index (χ0) is 19.6. The maximum Gasteiger partial charge on any atom is 0.366 e. The predicted octanol–water partition coefficient (Wildman–Crippen LogP) is 3.36. The van der Waals surface area contributed by atoms with Gasteiger partial charge in [-0.1, -0.05) is 12.1 Å². The highest BCUT2D eigenvalue weighted by molar-refractivity contribution is 6.00. The van der Waals surface area contributed by atoms with Gasteiger partial charge in [0, 0.05) is 11.6 Å². The highest BCUT2D eigenvalue weighted by Crippen LogP contribution is 2.42. The first kappa shape index (κ1) is 18.3. The Labute approximate surface area is 155 Å². The van der Waals surface area contributed by atoms with Crippen molar-refractivity contribution in [1.29, 1.82) is 0 Å². The molecule has 1 heterocycles. The van der Waals surface area contributed by atoms with Gasteiger partial charge in [0.15, 0.2) is 11.5 Å². The Morgan fingerprint density at radius 2 is 1.70 bits per heavy atom. The summed E-state index contributed by atoms with van der Waals surface area (Å²) < 4.78 is 22.2. The Morgan fingerprint density at radius 1 is 1.00 bits per heavy atom. The normalized spacial score (nSPS) is 11.5. The van der Waals surface area contributed by atoms with E-state index < -0.39 is 11.5 Å². The molecule has 0 radical (unpaired) electrons. The number of methoxy groups -OCH3 is 3. The highest BCUT2D eigenvalue weighted by Gasteiger charge is 2.18. The number of ether oxygens (including phenoxy) is 3. The molecule has 2 aromatic carbocycles. The molecule has 0 unspecified atom stereocenters. The van der Waals surface area contributed by atoms with E-state index in [1.165, 1.54) is 27.4 Å². The first-order valence-corrected chi connectivity index (χ1v) is 8.14. The summed E-state index contributed by atoms with van der Waals surface area (Å²) in [4.78, 5) is 24.6. The van der Waals surface area contributed by atoms with Gasteiger partial charge in [0.25, 0.3) is 5.91 Å². The largest absolute Gasteiger partial charge is 0.493 e. The van der Waals surface area contributed by atoms with Crippen LogP contribution in [0.5, 0.6) is 17.2 Å². The lowest BCUT2D eigenvalue weighted by atomic mass is 10.0. The minimum absolute atomic E-state index is 0.348. The second kappa shape index (κ2) is 7.41. The molecular formula is C20H19NO6. The van der Waals surface area contributed by atoms with E-state index in [1.807, 2.05) is 0 Å². The van der Waals surface area contributed by atoms with Gasteiger partial charge >= 0.3 is 5.63 Å². The van der Waals surface area contributed by atoms with E-state index in [0.29, 0.717) is 39.3 Å². The minimum atomic E-state index is -0.561. The van der Waals surface area contributed by atoms with Crippen LogP contribution in [0.15, 0.2) is 51.8 Å². The topological polar surface area (TPSA) is 79.9 Å². The molecule has 140 valence electrons. The number of hydrogen-bond acceptors (Lipinski definition) is 6. The highest BCUT2D eigenvalue weighted by atomic mass is 16.5. The van der Waals surface area contributed by atoms with Crippen LogP contribution in [-0.2, 0) is 0 Å². The van der Waals surface area contributed by atoms with E-state index in [9.17, 15) is 9.59 Å². The SMILES string of the molecule is COc1ccc(C(C)=CC(=O)n2oc(=O)c3ccccc32)c(OC)c1OC. The van der Waals surface area contributed by atoms with Crippen molar-refractivity contribution in [2.45, 2.75) is 6.92 Å². The van der Waals surface area contributed by atoms with Crippen molar-refractivity contribution < 1.29 is 23.5 Å². The van der Waals surface area contributed by atoms with Gasteiger partial charge in [-0.15, -0.1) is 4.74 Å². The molecule has 3 rings (SSSR count). The van der Waals surface area contributed by atoms with Gasteiger partial charge in [-0.3, -0.25) is 4.79 Å². The van der Waals surface area contributed by atoms with Crippen molar-refractivity contribution in [3.05, 3.63) is 58.5 Å². The molecule has 0 amide bonds. The molecule has 27 heavy (non-hydrogen) atoms. The summed E-state index contributed by atoms with van der Waals surface area (Å²) in [6.07, 6.45) is 1.37. The lowest BCUT2D eigenvalue weighted by molar-refractivity contribution is 0.0861. The number of aromatic nitrogens is 1. The fourth-order valence-corrected chi connectivity index (χ4v) is 2.90. The van der Waals surface area contributed by atoms with E-state index in [-0.39, 0.29) is 0 Å². The monoisotopic (exact) mass is 369 g/mol. The van der Waals surface area contributed by atoms with E-state index in [2.05, 4.69) is 0 Å². The number of fused-ring (bicyclic) bond motifs is 1. The third kappa shape index (κ3) is 3.19. The molecule has 1 aromatic heterocycles. The molecule has 0 saturated heterocycles. The Morgan fingerprint density at radius 3 is 2.37 bits per heavy atom. The zero-order valence-corrected chi connectivity index (χ0v) is 15.4. The van der Waals surface area contributed by atoms with Crippen molar-refractivity contribution in [3.63, 3.8) is 0 Å². The van der Waals surface area contributed by atoms with Crippen LogP contribution in [0, 0.1) is 0 Å². The van der Waals surface area contributed by atoms with Crippen LogP contribution < -0.4 is 19.8 Å². The molecule has 0 atom stereocenters. The van der Waals surface area contributed by atoms with Crippen molar-refractivity contribution in [3.8, 4) is 17.2 Å². The number of nitrogens with zero attached hydrogens (tertiary/aromatic N) is 1. The maximum atomic E-state index is 12.7. The smallest absolute Gasteiger partial charge is 0.366 e. The van der Waals surface area contributed by atoms with Crippen molar-refractivity contribution in [1.82, 2.24) is 4.74 Å². The van der Waals surface area contributed by atoms with Crippen LogP contribution in [0.25, 0.3) is 16.5 Å². The first-order chi connectivity index (χ1) is 13.0. The molecule has 0 fully saturated rings. The molecular weight excluding hydrogens is 350 g/mol. The van der Waals surface area contributed by atoms with Gasteiger partial charge in [0.05, 0.1) is 32.2 Å². The van der Waals surface area contributed by atoms with Gasteiger partial charge in [0.1, 0.15) is 0 Å². The predicted molar refractivity (Wildman–Crippen MR) is 101 cm³/mol. The molecule has 0 spiro atoms. The fraction of sp³-hybridized carbons (Fsp3) is 0.200. The summed E-state index contributed by atoms with van der Waals surface area (Å²) in [7, 11) is 4.55. The van der Waals surface area contributed by atoms with Crippen molar-refractivity contribution >= 4 is 22.4 Å². The van der Waals surface area contributed by atoms with Crippen LogP contribution in [0.4, 0.5) is 0 Å². The number of carbonyl (C=O) groups is 1. The second-order valence-electron chi connectivity index (χ2n) is 5.74. The molecule has 0 saturated carbocycles. The van der Waals surface area contributed by atoms with Crippen LogP contribution in [0.2, 0.25) is 0 Å². The molecule has 0 aliphatic carbocycles. The van der Waals surface area contributed by atoms with Gasteiger partial charge in [-0.2, -0.15) is 0 Å². The van der Waals surface area contributed by atoms with E-state index in [0.717, 1.165) is 4.74 Å². The molecule has 0 aliphatic rings. The second-order valence-corrected chi connectivity index (χ2v) is 5.74. The van der Waals surface area contributed by atoms with Crippen LogP contribution in [-0.4, -0.2) is 32.0 Å². The number of benzene rings is 2.